The van der Waals surface area contributed by atoms with E-state index in [0.717, 1.165) is 0 Å². The van der Waals surface area contributed by atoms with Gasteiger partial charge in [-0.25, -0.2) is 4.79 Å². The zero-order valence-corrected chi connectivity index (χ0v) is 11.0. The summed E-state index contributed by atoms with van der Waals surface area (Å²) >= 11 is 0. The van der Waals surface area contributed by atoms with E-state index in [-0.39, 0.29) is 36.2 Å². The van der Waals surface area contributed by atoms with Crippen LogP contribution in [0, 0.1) is 0 Å². The van der Waals surface area contributed by atoms with E-state index in [1.165, 1.54) is 0 Å². The predicted octanol–water partition coefficient (Wildman–Crippen LogP) is -2.13. The topological polar surface area (TPSA) is 86.7 Å². The van der Waals surface area contributed by atoms with Gasteiger partial charge in [-0.15, -0.1) is 0 Å². The smallest absolute Gasteiger partial charge is 0.770 e. The normalized spacial score (nSPS) is 13.5. The Morgan fingerprint density at radius 3 is 2.40 bits per heavy atom. The summed E-state index contributed by atoms with van der Waals surface area (Å²) in [5, 5.41) is 0. The molecule has 0 saturated heterocycles. The van der Waals surface area contributed by atoms with Crippen LogP contribution >= 0.6 is 7.60 Å². The van der Waals surface area contributed by atoms with Crippen molar-refractivity contribution in [2.75, 3.05) is 0 Å². The van der Waals surface area contributed by atoms with Crippen molar-refractivity contribution in [1.82, 2.24) is 0 Å². The van der Waals surface area contributed by atoms with Gasteiger partial charge in [-0.1, -0.05) is 30.3 Å². The second kappa shape index (κ2) is 6.43. The van der Waals surface area contributed by atoms with Gasteiger partial charge in [0.25, 0.3) is 0 Å². The van der Waals surface area contributed by atoms with Gasteiger partial charge in [-0.2, -0.15) is 0 Å². The summed E-state index contributed by atoms with van der Waals surface area (Å²) in [4.78, 5) is 29.1. The third-order valence-electron chi connectivity index (χ3n) is 1.44. The Kier molecular flexibility index (Phi) is 6.36. The first-order valence-corrected chi connectivity index (χ1v) is 5.33. The number of carbonyl (C=O) groups is 1. The van der Waals surface area contributed by atoms with Gasteiger partial charge in [0, 0.05) is 0 Å². The Hall–Kier alpha value is -0.160. The van der Waals surface area contributed by atoms with Crippen LogP contribution in [0.2, 0.25) is 0 Å². The molecule has 0 spiro atoms. The van der Waals surface area contributed by atoms with E-state index >= 15 is 0 Å². The molecule has 1 unspecified atom stereocenters. The summed E-state index contributed by atoms with van der Waals surface area (Å²) in [5.74, 6) is 0. The predicted molar refractivity (Wildman–Crippen MR) is 46.5 cm³/mol. The second-order valence-electron chi connectivity index (χ2n) is 2.56. The maximum absolute atomic E-state index is 10.6. The van der Waals surface area contributed by atoms with Crippen LogP contribution in [-0.4, -0.2) is 10.6 Å². The molecular formula is C8H8NaO5P. The summed E-state index contributed by atoms with van der Waals surface area (Å²) in [6.45, 7) is -0.174. The third-order valence-corrected chi connectivity index (χ3v) is 2.03. The SMILES string of the molecule is O=C(OCc1ccccc1)P(=O)([O-])O.[Na+]. The van der Waals surface area contributed by atoms with Crippen LogP contribution in [-0.2, 0) is 15.9 Å². The molecule has 0 bridgehead atoms. The molecule has 0 aliphatic carbocycles. The van der Waals surface area contributed by atoms with E-state index in [0.29, 0.717) is 5.56 Å². The van der Waals surface area contributed by atoms with E-state index in [1.54, 1.807) is 30.3 Å². The van der Waals surface area contributed by atoms with Crippen molar-refractivity contribution in [3.05, 3.63) is 35.9 Å². The molecule has 5 nitrogen and oxygen atoms in total. The van der Waals surface area contributed by atoms with Crippen LogP contribution in [0.15, 0.2) is 30.3 Å². The molecule has 1 N–H and O–H groups in total. The fourth-order valence-corrected chi connectivity index (χ4v) is 1.03. The van der Waals surface area contributed by atoms with E-state index in [2.05, 4.69) is 4.74 Å². The minimum atomic E-state index is -5.00. The van der Waals surface area contributed by atoms with Crippen molar-refractivity contribution < 1.29 is 53.4 Å². The number of hydrogen-bond donors (Lipinski definition) is 1. The summed E-state index contributed by atoms with van der Waals surface area (Å²) < 4.78 is 14.6. The molecule has 0 radical (unpaired) electrons. The van der Waals surface area contributed by atoms with Gasteiger partial charge in [-0.3, -0.25) is 4.57 Å². The Labute approximate surface area is 109 Å². The molecule has 0 saturated carbocycles. The van der Waals surface area contributed by atoms with Crippen molar-refractivity contribution in [3.8, 4) is 0 Å². The maximum Gasteiger partial charge on any atom is 1.00 e. The van der Waals surface area contributed by atoms with Gasteiger partial charge in [-0.05, 0) is 5.56 Å². The zero-order chi connectivity index (χ0) is 10.6. The molecule has 1 aromatic rings. The van der Waals surface area contributed by atoms with Crippen LogP contribution < -0.4 is 34.5 Å². The van der Waals surface area contributed by atoms with Crippen molar-refractivity contribution in [3.63, 3.8) is 0 Å². The molecule has 0 aliphatic heterocycles. The average Bonchev–Trinajstić information content (AvgIpc) is 2.14. The molecular weight excluding hydrogens is 230 g/mol. The number of hydrogen-bond acceptors (Lipinski definition) is 4. The molecule has 76 valence electrons. The summed E-state index contributed by atoms with van der Waals surface area (Å²) in [6.07, 6.45) is 0. The minimum Gasteiger partial charge on any atom is -0.770 e. The van der Waals surface area contributed by atoms with E-state index in [4.69, 9.17) is 4.89 Å². The number of ether oxygens (including phenoxy) is 1. The first kappa shape index (κ1) is 14.8. The van der Waals surface area contributed by atoms with Crippen molar-refractivity contribution in [2.24, 2.45) is 0 Å². The summed E-state index contributed by atoms with van der Waals surface area (Å²) in [7, 11) is -5.00. The van der Waals surface area contributed by atoms with E-state index in [1.807, 2.05) is 0 Å². The zero-order valence-electron chi connectivity index (χ0n) is 8.12. The third kappa shape index (κ3) is 5.47. The van der Waals surface area contributed by atoms with Crippen molar-refractivity contribution in [1.29, 1.82) is 0 Å². The summed E-state index contributed by atoms with van der Waals surface area (Å²) in [6, 6.07) is 8.55. The molecule has 0 amide bonds. The Morgan fingerprint density at radius 2 is 1.93 bits per heavy atom. The number of rotatable bonds is 3. The van der Waals surface area contributed by atoms with Gasteiger partial charge < -0.3 is 14.5 Å². The molecule has 0 fully saturated rings. The van der Waals surface area contributed by atoms with Gasteiger partial charge in [0.2, 0.25) is 7.60 Å². The fourth-order valence-electron chi connectivity index (χ4n) is 0.801. The standard InChI is InChI=1S/C8H9O5P.Na/c9-8(14(10,11)12)13-6-7-4-2-1-3-5-7;/h1-5H,6H2,(H2,10,11,12);/q;+1/p-1. The molecule has 15 heavy (non-hydrogen) atoms. The molecule has 7 heteroatoms. The van der Waals surface area contributed by atoms with Gasteiger partial charge >= 0.3 is 35.3 Å². The van der Waals surface area contributed by atoms with E-state index in [9.17, 15) is 14.3 Å². The molecule has 1 rings (SSSR count). The fraction of sp³-hybridized carbons (Fsp3) is 0.125. The van der Waals surface area contributed by atoms with Gasteiger partial charge in [0.1, 0.15) is 6.61 Å². The number of benzene rings is 1. The first-order chi connectivity index (χ1) is 6.50. The monoisotopic (exact) mass is 238 g/mol. The molecule has 0 aromatic heterocycles. The van der Waals surface area contributed by atoms with Gasteiger partial charge in [0.15, 0.2) is 0 Å². The largest absolute Gasteiger partial charge is 1.00 e. The quantitative estimate of drug-likeness (QED) is 0.480. The van der Waals surface area contributed by atoms with Crippen LogP contribution in [0.1, 0.15) is 5.56 Å². The molecule has 0 aliphatic rings. The molecule has 1 aromatic carbocycles. The second-order valence-corrected chi connectivity index (χ2v) is 3.97. The Morgan fingerprint density at radius 1 is 1.40 bits per heavy atom. The number of carbonyl (C=O) groups excluding carboxylic acids is 1. The molecule has 0 heterocycles. The van der Waals surface area contributed by atoms with E-state index < -0.39 is 13.3 Å². The average molecular weight is 238 g/mol. The molecule has 1 atom stereocenters. The Balaban J connectivity index is 0.00000196. The van der Waals surface area contributed by atoms with Crippen LogP contribution in [0.25, 0.3) is 0 Å². The maximum atomic E-state index is 10.6. The van der Waals surface area contributed by atoms with Crippen molar-refractivity contribution >= 4 is 13.3 Å². The first-order valence-electron chi connectivity index (χ1n) is 3.75. The van der Waals surface area contributed by atoms with Crippen LogP contribution in [0.5, 0.6) is 0 Å². The van der Waals surface area contributed by atoms with Crippen LogP contribution in [0.4, 0.5) is 4.79 Å². The summed E-state index contributed by atoms with van der Waals surface area (Å²) in [5.41, 5.74) is -0.962. The van der Waals surface area contributed by atoms with Crippen molar-refractivity contribution in [2.45, 2.75) is 6.61 Å². The van der Waals surface area contributed by atoms with Gasteiger partial charge in [0.05, 0.1) is 0 Å². The van der Waals surface area contributed by atoms with Crippen LogP contribution in [0.3, 0.4) is 0 Å². The Bertz CT molecular complexity index is 361. The minimum absolute atomic E-state index is 0.